The molecular formula is C21H18N4O4S. The predicted molar refractivity (Wildman–Crippen MR) is 112 cm³/mol. The van der Waals surface area contributed by atoms with Gasteiger partial charge in [0.1, 0.15) is 11.3 Å². The number of rotatable bonds is 4. The molecule has 0 bridgehead atoms. The number of hydrogen-bond donors (Lipinski definition) is 1. The molecule has 0 saturated heterocycles. The van der Waals surface area contributed by atoms with Crippen molar-refractivity contribution in [3.8, 4) is 0 Å². The van der Waals surface area contributed by atoms with Gasteiger partial charge in [0.25, 0.3) is 11.8 Å². The van der Waals surface area contributed by atoms with Crippen LogP contribution in [0, 0.1) is 0 Å². The number of carbonyl (C=O) groups is 3. The molecule has 2 aliphatic rings. The van der Waals surface area contributed by atoms with E-state index in [1.807, 2.05) is 24.3 Å². The number of aromatic nitrogens is 2. The van der Waals surface area contributed by atoms with Crippen molar-refractivity contribution in [2.45, 2.75) is 13.8 Å². The highest BCUT2D eigenvalue weighted by molar-refractivity contribution is 8.08. The molecule has 1 aromatic carbocycles. The number of nitrogens with two attached hydrogens (primary N) is 1. The van der Waals surface area contributed by atoms with Crippen LogP contribution in [0.2, 0.25) is 0 Å². The third kappa shape index (κ3) is 3.17. The largest absolute Gasteiger partial charge is 0.462 e. The van der Waals surface area contributed by atoms with Crippen LogP contribution in [-0.2, 0) is 14.3 Å². The fraction of sp³-hybridized carbons (Fsp3) is 0.190. The third-order valence-electron chi connectivity index (χ3n) is 4.78. The first kappa shape index (κ1) is 19.8. The zero-order valence-electron chi connectivity index (χ0n) is 16.3. The van der Waals surface area contributed by atoms with E-state index in [1.165, 1.54) is 24.9 Å². The molecule has 0 fully saturated rings. The van der Waals surface area contributed by atoms with E-state index in [9.17, 15) is 14.4 Å². The summed E-state index contributed by atoms with van der Waals surface area (Å²) in [6.07, 6.45) is 3.37. The summed E-state index contributed by atoms with van der Waals surface area (Å²) in [5.74, 6) is -1.28. The Morgan fingerprint density at radius 1 is 1.27 bits per heavy atom. The summed E-state index contributed by atoms with van der Waals surface area (Å²) in [5.41, 5.74) is 6.20. The number of hydrogen-bond acceptors (Lipinski definition) is 8. The number of anilines is 1. The second-order valence-corrected chi connectivity index (χ2v) is 7.60. The Morgan fingerprint density at radius 3 is 2.73 bits per heavy atom. The van der Waals surface area contributed by atoms with Crippen molar-refractivity contribution in [1.29, 1.82) is 0 Å². The van der Waals surface area contributed by atoms with Crippen molar-refractivity contribution in [3.05, 3.63) is 63.4 Å². The lowest BCUT2D eigenvalue weighted by Crippen LogP contribution is -2.35. The van der Waals surface area contributed by atoms with E-state index in [2.05, 4.69) is 16.0 Å². The van der Waals surface area contributed by atoms with Crippen molar-refractivity contribution in [2.75, 3.05) is 17.3 Å². The molecule has 3 heterocycles. The molecule has 0 aliphatic carbocycles. The number of imide groups is 1. The van der Waals surface area contributed by atoms with Crippen molar-refractivity contribution in [2.24, 2.45) is 5.73 Å². The van der Waals surface area contributed by atoms with Gasteiger partial charge in [0.15, 0.2) is 0 Å². The molecule has 4 rings (SSSR count). The summed E-state index contributed by atoms with van der Waals surface area (Å²) >= 11 is 1.50. The van der Waals surface area contributed by atoms with Crippen molar-refractivity contribution in [1.82, 2.24) is 9.97 Å². The molecule has 9 heteroatoms. The first-order valence-corrected chi connectivity index (χ1v) is 10.2. The Bertz CT molecular complexity index is 1230. The van der Waals surface area contributed by atoms with Crippen molar-refractivity contribution in [3.63, 3.8) is 0 Å². The summed E-state index contributed by atoms with van der Waals surface area (Å²) in [5, 5.41) is 1.91. The third-order valence-corrected chi connectivity index (χ3v) is 5.82. The first-order valence-electron chi connectivity index (χ1n) is 9.26. The van der Waals surface area contributed by atoms with Crippen molar-refractivity contribution >= 4 is 46.5 Å². The minimum atomic E-state index is -0.678. The van der Waals surface area contributed by atoms with Crippen LogP contribution in [0.5, 0.6) is 0 Å². The lowest BCUT2D eigenvalue weighted by atomic mass is 10.1. The molecule has 0 radical (unpaired) electrons. The number of carbonyl (C=O) groups excluding carboxylic acids is 3. The summed E-state index contributed by atoms with van der Waals surface area (Å²) in [7, 11) is 0. The SMILES string of the molecule is CCOC(=O)c1cnc(N2C(=O)C(C)=C(N)C2=O)nc1C1=c2ccccc2=CCS1. The molecule has 1 aromatic heterocycles. The minimum Gasteiger partial charge on any atom is -0.462 e. The van der Waals surface area contributed by atoms with Crippen LogP contribution in [0.4, 0.5) is 5.95 Å². The fourth-order valence-corrected chi connectivity index (χ4v) is 4.28. The van der Waals surface area contributed by atoms with E-state index in [0.29, 0.717) is 11.4 Å². The molecular weight excluding hydrogens is 404 g/mol. The summed E-state index contributed by atoms with van der Waals surface area (Å²) < 4.78 is 5.16. The van der Waals surface area contributed by atoms with E-state index < -0.39 is 17.8 Å². The zero-order valence-corrected chi connectivity index (χ0v) is 17.2. The van der Waals surface area contributed by atoms with Crippen LogP contribution in [-0.4, -0.2) is 40.1 Å². The van der Waals surface area contributed by atoms with Crippen LogP contribution >= 0.6 is 11.8 Å². The molecule has 2 N–H and O–H groups in total. The molecule has 30 heavy (non-hydrogen) atoms. The Kier molecular flexibility index (Phi) is 5.13. The Morgan fingerprint density at radius 2 is 2.03 bits per heavy atom. The van der Waals surface area contributed by atoms with Gasteiger partial charge < -0.3 is 10.5 Å². The second kappa shape index (κ2) is 7.75. The van der Waals surface area contributed by atoms with Gasteiger partial charge >= 0.3 is 5.97 Å². The van der Waals surface area contributed by atoms with Gasteiger partial charge in [-0.15, -0.1) is 11.8 Å². The van der Waals surface area contributed by atoms with Gasteiger partial charge in [-0.3, -0.25) is 9.59 Å². The van der Waals surface area contributed by atoms with Crippen LogP contribution in [0.3, 0.4) is 0 Å². The van der Waals surface area contributed by atoms with Gasteiger partial charge in [-0.2, -0.15) is 0 Å². The maximum atomic E-state index is 12.6. The van der Waals surface area contributed by atoms with Crippen LogP contribution in [0.1, 0.15) is 29.9 Å². The molecule has 0 spiro atoms. The lowest BCUT2D eigenvalue weighted by Gasteiger charge is -2.17. The van der Waals surface area contributed by atoms with E-state index in [0.717, 1.165) is 20.2 Å². The van der Waals surface area contributed by atoms with E-state index in [1.54, 1.807) is 6.92 Å². The Labute approximate surface area is 176 Å². The van der Waals surface area contributed by atoms with Gasteiger partial charge in [0.05, 0.1) is 12.3 Å². The van der Waals surface area contributed by atoms with Crippen LogP contribution in [0.15, 0.2) is 41.7 Å². The maximum Gasteiger partial charge on any atom is 0.341 e. The number of amides is 2. The second-order valence-electron chi connectivity index (χ2n) is 6.57. The number of nitrogens with zero attached hydrogens (tertiary/aromatic N) is 3. The molecule has 0 atom stereocenters. The van der Waals surface area contributed by atoms with E-state index in [-0.39, 0.29) is 29.4 Å². The molecule has 2 aromatic rings. The topological polar surface area (TPSA) is 115 Å². The average molecular weight is 422 g/mol. The van der Waals surface area contributed by atoms with E-state index in [4.69, 9.17) is 10.5 Å². The van der Waals surface area contributed by atoms with Gasteiger partial charge in [-0.05, 0) is 24.3 Å². The first-order chi connectivity index (χ1) is 14.4. The fourth-order valence-electron chi connectivity index (χ4n) is 3.22. The monoisotopic (exact) mass is 422 g/mol. The number of fused-ring (bicyclic) bond motifs is 1. The number of thioether (sulfide) groups is 1. The highest BCUT2D eigenvalue weighted by atomic mass is 32.2. The Balaban J connectivity index is 1.94. The normalized spacial score (nSPS) is 15.9. The smallest absolute Gasteiger partial charge is 0.341 e. The van der Waals surface area contributed by atoms with Gasteiger partial charge in [-0.25, -0.2) is 19.7 Å². The number of ether oxygens (including phenoxy) is 1. The average Bonchev–Trinajstić information content (AvgIpc) is 2.95. The molecule has 0 saturated carbocycles. The van der Waals surface area contributed by atoms with E-state index >= 15 is 0 Å². The highest BCUT2D eigenvalue weighted by Crippen LogP contribution is 2.30. The predicted octanol–water partition coefficient (Wildman–Crippen LogP) is 0.443. The minimum absolute atomic E-state index is 0.131. The van der Waals surface area contributed by atoms with Gasteiger partial charge in [0, 0.05) is 22.4 Å². The zero-order chi connectivity index (χ0) is 21.4. The molecule has 152 valence electrons. The molecule has 2 amide bonds. The summed E-state index contributed by atoms with van der Waals surface area (Å²) in [6, 6.07) is 7.73. The highest BCUT2D eigenvalue weighted by Gasteiger charge is 2.38. The number of esters is 1. The quantitative estimate of drug-likeness (QED) is 0.558. The van der Waals surface area contributed by atoms with Crippen LogP contribution in [0.25, 0.3) is 11.0 Å². The molecule has 8 nitrogen and oxygen atoms in total. The van der Waals surface area contributed by atoms with Crippen molar-refractivity contribution < 1.29 is 19.1 Å². The number of benzene rings is 1. The lowest BCUT2D eigenvalue weighted by molar-refractivity contribution is -0.120. The Hall–Kier alpha value is -3.46. The molecule has 2 aliphatic heterocycles. The standard InChI is InChI=1S/C21H18N4O4S/c1-3-29-20(28)14-10-23-21(25-18(26)11(2)15(22)19(25)27)24-16(14)17-13-7-5-4-6-12(13)8-9-30-17/h4-8,10H,3,9,22H2,1-2H3. The van der Waals surface area contributed by atoms with Gasteiger partial charge in [0.2, 0.25) is 5.95 Å². The maximum absolute atomic E-state index is 12.6. The van der Waals surface area contributed by atoms with Crippen LogP contribution < -0.4 is 21.1 Å². The summed E-state index contributed by atoms with van der Waals surface area (Å²) in [6.45, 7) is 3.37. The van der Waals surface area contributed by atoms with Gasteiger partial charge in [-0.1, -0.05) is 30.3 Å². The summed E-state index contributed by atoms with van der Waals surface area (Å²) in [4.78, 5) is 47.7. The molecule has 0 unspecified atom stereocenters.